The van der Waals surface area contributed by atoms with Crippen molar-refractivity contribution in [1.29, 1.82) is 0 Å². The van der Waals surface area contributed by atoms with E-state index in [1.54, 1.807) is 0 Å². The molecule has 0 atom stereocenters. The predicted octanol–water partition coefficient (Wildman–Crippen LogP) is 2.56. The van der Waals surface area contributed by atoms with Crippen LogP contribution in [-0.4, -0.2) is 16.7 Å². The van der Waals surface area contributed by atoms with Crippen molar-refractivity contribution < 1.29 is 14.7 Å². The zero-order valence-corrected chi connectivity index (χ0v) is 9.59. The predicted molar refractivity (Wildman–Crippen MR) is 57.6 cm³/mol. The third kappa shape index (κ3) is 3.18. The molecule has 0 unspecified atom stereocenters. The molecule has 0 fully saturated rings. The molecule has 0 bridgehead atoms. The molecule has 1 aliphatic rings. The van der Waals surface area contributed by atoms with Gasteiger partial charge in [-0.3, -0.25) is 4.79 Å². The number of carbonyl (C=O) groups is 2. The summed E-state index contributed by atoms with van der Waals surface area (Å²) in [5.74, 6) is 0.218. The van der Waals surface area contributed by atoms with Crippen molar-refractivity contribution in [2.45, 2.75) is 46.5 Å². The van der Waals surface area contributed by atoms with E-state index in [4.69, 9.17) is 0 Å². The van der Waals surface area contributed by atoms with Crippen molar-refractivity contribution in [3.8, 4) is 0 Å². The van der Waals surface area contributed by atoms with Gasteiger partial charge in [-0.05, 0) is 18.8 Å². The zero-order chi connectivity index (χ0) is 11.6. The molecule has 0 saturated carbocycles. The van der Waals surface area contributed by atoms with Crippen molar-refractivity contribution in [1.82, 2.24) is 0 Å². The Morgan fingerprint density at radius 3 is 2.47 bits per heavy atom. The molecule has 0 saturated heterocycles. The third-order valence-corrected chi connectivity index (χ3v) is 2.70. The minimum absolute atomic E-state index is 0.00926. The van der Waals surface area contributed by atoms with Crippen LogP contribution in [0.2, 0.25) is 0 Å². The largest absolute Gasteiger partial charge is 0.512 e. The van der Waals surface area contributed by atoms with Gasteiger partial charge in [-0.2, -0.15) is 0 Å². The number of hydrogen-bond donors (Lipinski definition) is 1. The number of ketones is 2. The second kappa shape index (κ2) is 4.17. The highest BCUT2D eigenvalue weighted by molar-refractivity contribution is 5.97. The summed E-state index contributed by atoms with van der Waals surface area (Å²) < 4.78 is 0. The van der Waals surface area contributed by atoms with Crippen LogP contribution in [0.5, 0.6) is 0 Å². The summed E-state index contributed by atoms with van der Waals surface area (Å²) in [5, 5.41) is 9.74. The number of carbonyl (C=O) groups excluding carboxylic acids is 2. The Labute approximate surface area is 90.2 Å². The van der Waals surface area contributed by atoms with Gasteiger partial charge < -0.3 is 9.90 Å². The standard InChI is InChI=1S/C12H18O3/c1-8(13)4-5-9-10(14)6-12(2,3)7-11(9)15/h14H,4-7H2,1-3H3. The van der Waals surface area contributed by atoms with Gasteiger partial charge in [0.2, 0.25) is 0 Å². The van der Waals surface area contributed by atoms with Crippen LogP contribution in [0, 0.1) is 5.41 Å². The fraction of sp³-hybridized carbons (Fsp3) is 0.667. The topological polar surface area (TPSA) is 54.4 Å². The van der Waals surface area contributed by atoms with Gasteiger partial charge >= 0.3 is 0 Å². The molecule has 1 aliphatic carbocycles. The number of allylic oxidation sites excluding steroid dienone is 2. The van der Waals surface area contributed by atoms with Gasteiger partial charge in [0.05, 0.1) is 5.76 Å². The van der Waals surface area contributed by atoms with E-state index in [1.165, 1.54) is 6.92 Å². The van der Waals surface area contributed by atoms with Gasteiger partial charge in [0.15, 0.2) is 5.78 Å². The van der Waals surface area contributed by atoms with Gasteiger partial charge in [0.25, 0.3) is 0 Å². The quantitative estimate of drug-likeness (QED) is 0.778. The molecule has 3 heteroatoms. The van der Waals surface area contributed by atoms with E-state index in [1.807, 2.05) is 13.8 Å². The number of hydrogen-bond acceptors (Lipinski definition) is 3. The van der Waals surface area contributed by atoms with Gasteiger partial charge in [0, 0.05) is 24.8 Å². The first-order valence-electron chi connectivity index (χ1n) is 5.25. The molecular formula is C12H18O3. The Morgan fingerprint density at radius 2 is 2.00 bits per heavy atom. The number of aliphatic hydroxyl groups excluding tert-OH is 1. The van der Waals surface area contributed by atoms with E-state index in [2.05, 4.69) is 0 Å². The van der Waals surface area contributed by atoms with Crippen molar-refractivity contribution in [3.63, 3.8) is 0 Å². The van der Waals surface area contributed by atoms with Crippen molar-refractivity contribution in [2.75, 3.05) is 0 Å². The summed E-state index contributed by atoms with van der Waals surface area (Å²) in [6, 6.07) is 0. The van der Waals surface area contributed by atoms with Crippen molar-refractivity contribution in [2.24, 2.45) is 5.41 Å². The average Bonchev–Trinajstić information content (AvgIpc) is 1.98. The minimum Gasteiger partial charge on any atom is -0.512 e. The van der Waals surface area contributed by atoms with Crippen molar-refractivity contribution >= 4 is 11.6 Å². The first-order chi connectivity index (χ1) is 6.82. The first-order valence-corrected chi connectivity index (χ1v) is 5.25. The Hall–Kier alpha value is -1.12. The number of rotatable bonds is 3. The lowest BCUT2D eigenvalue weighted by Gasteiger charge is -2.29. The lowest BCUT2D eigenvalue weighted by molar-refractivity contribution is -0.118. The van der Waals surface area contributed by atoms with Crippen LogP contribution in [0.15, 0.2) is 11.3 Å². The Balaban J connectivity index is 2.78. The molecule has 0 aliphatic heterocycles. The molecule has 0 aromatic heterocycles. The second-order valence-corrected chi connectivity index (χ2v) is 5.07. The molecule has 0 aromatic rings. The third-order valence-electron chi connectivity index (χ3n) is 2.70. The fourth-order valence-corrected chi connectivity index (χ4v) is 1.91. The highest BCUT2D eigenvalue weighted by atomic mass is 16.3. The Kier molecular flexibility index (Phi) is 3.32. The lowest BCUT2D eigenvalue weighted by atomic mass is 9.75. The van der Waals surface area contributed by atoms with Crippen LogP contribution in [0.4, 0.5) is 0 Å². The van der Waals surface area contributed by atoms with Crippen LogP contribution in [0.1, 0.15) is 46.5 Å². The average molecular weight is 210 g/mol. The van der Waals surface area contributed by atoms with E-state index in [0.29, 0.717) is 31.3 Å². The maximum absolute atomic E-state index is 11.7. The fourth-order valence-electron chi connectivity index (χ4n) is 1.91. The highest BCUT2D eigenvalue weighted by Crippen LogP contribution is 2.36. The molecule has 0 spiro atoms. The normalized spacial score (nSPS) is 20.6. The molecule has 3 nitrogen and oxygen atoms in total. The monoisotopic (exact) mass is 210 g/mol. The Bertz CT molecular complexity index is 324. The highest BCUT2D eigenvalue weighted by Gasteiger charge is 2.32. The molecule has 0 amide bonds. The van der Waals surface area contributed by atoms with E-state index < -0.39 is 0 Å². The number of aliphatic hydroxyl groups is 1. The van der Waals surface area contributed by atoms with Crippen molar-refractivity contribution in [3.05, 3.63) is 11.3 Å². The van der Waals surface area contributed by atoms with Gasteiger partial charge in [-0.1, -0.05) is 13.8 Å². The van der Waals surface area contributed by atoms with Crippen LogP contribution in [-0.2, 0) is 9.59 Å². The van der Waals surface area contributed by atoms with Crippen LogP contribution in [0.25, 0.3) is 0 Å². The molecule has 84 valence electrons. The molecule has 0 aromatic carbocycles. The summed E-state index contributed by atoms with van der Waals surface area (Å²) in [4.78, 5) is 22.5. The maximum Gasteiger partial charge on any atom is 0.162 e. The minimum atomic E-state index is -0.152. The van der Waals surface area contributed by atoms with Crippen LogP contribution < -0.4 is 0 Å². The molecule has 1 rings (SSSR count). The van der Waals surface area contributed by atoms with E-state index in [0.717, 1.165) is 0 Å². The van der Waals surface area contributed by atoms with Gasteiger partial charge in [-0.15, -0.1) is 0 Å². The van der Waals surface area contributed by atoms with Crippen LogP contribution in [0.3, 0.4) is 0 Å². The molecule has 15 heavy (non-hydrogen) atoms. The summed E-state index contributed by atoms with van der Waals surface area (Å²) in [6.07, 6.45) is 1.72. The summed E-state index contributed by atoms with van der Waals surface area (Å²) >= 11 is 0. The smallest absolute Gasteiger partial charge is 0.162 e. The van der Waals surface area contributed by atoms with E-state index >= 15 is 0 Å². The molecule has 0 heterocycles. The summed E-state index contributed by atoms with van der Waals surface area (Å²) in [5.41, 5.74) is 0.311. The summed E-state index contributed by atoms with van der Waals surface area (Å²) in [6.45, 7) is 5.42. The molecule has 0 radical (unpaired) electrons. The van der Waals surface area contributed by atoms with Gasteiger partial charge in [-0.25, -0.2) is 0 Å². The van der Waals surface area contributed by atoms with E-state index in [-0.39, 0.29) is 22.7 Å². The SMILES string of the molecule is CC(=O)CCC1=C(O)CC(C)(C)CC1=O. The second-order valence-electron chi connectivity index (χ2n) is 5.07. The summed E-state index contributed by atoms with van der Waals surface area (Å²) in [7, 11) is 0. The first kappa shape index (κ1) is 12.0. The van der Waals surface area contributed by atoms with E-state index in [9.17, 15) is 14.7 Å². The lowest BCUT2D eigenvalue weighted by Crippen LogP contribution is -2.26. The maximum atomic E-state index is 11.7. The van der Waals surface area contributed by atoms with Crippen LogP contribution >= 0.6 is 0 Å². The molecular weight excluding hydrogens is 192 g/mol. The zero-order valence-electron chi connectivity index (χ0n) is 9.59. The van der Waals surface area contributed by atoms with Gasteiger partial charge in [0.1, 0.15) is 5.78 Å². The molecule has 1 N–H and O–H groups in total. The number of Topliss-reactive ketones (excluding diaryl/α,β-unsaturated/α-hetero) is 2. The Morgan fingerprint density at radius 1 is 1.40 bits per heavy atom.